The predicted molar refractivity (Wildman–Crippen MR) is 125 cm³/mol. The number of carbonyl (C=O) groups excluding carboxylic acids is 1. The summed E-state index contributed by atoms with van der Waals surface area (Å²) in [7, 11) is 2.06. The zero-order valence-electron chi connectivity index (χ0n) is 17.9. The van der Waals surface area contributed by atoms with Gasteiger partial charge >= 0.3 is 0 Å². The molecule has 0 saturated carbocycles. The summed E-state index contributed by atoms with van der Waals surface area (Å²) < 4.78 is 12.4. The second-order valence-electron chi connectivity index (χ2n) is 7.81. The lowest BCUT2D eigenvalue weighted by Crippen LogP contribution is -2.30. The number of rotatable bonds is 9. The van der Waals surface area contributed by atoms with Crippen LogP contribution < -0.4 is 20.3 Å². The topological polar surface area (TPSA) is 88.6 Å². The summed E-state index contributed by atoms with van der Waals surface area (Å²) in [5.41, 5.74) is 1.60. The van der Waals surface area contributed by atoms with Gasteiger partial charge in [-0.3, -0.25) is 14.2 Å². The van der Waals surface area contributed by atoms with Crippen LogP contribution in [0.2, 0.25) is 0 Å². The van der Waals surface area contributed by atoms with Crippen molar-refractivity contribution in [1.82, 2.24) is 19.8 Å². The highest BCUT2D eigenvalue weighted by Gasteiger charge is 2.17. The summed E-state index contributed by atoms with van der Waals surface area (Å²) in [5, 5.41) is 3.37. The molecule has 1 aromatic heterocycles. The molecule has 0 fully saturated rings. The van der Waals surface area contributed by atoms with Crippen LogP contribution in [0.4, 0.5) is 0 Å². The van der Waals surface area contributed by atoms with Crippen molar-refractivity contribution < 1.29 is 14.3 Å². The standard InChI is InChI=1S/C23H26N4O4S/c1-26(14-16-6-3-2-4-7-16)10-5-9-24-21(28)8-11-27-22(29)17-12-19-20(31-15-30-19)13-18(17)25-23(27)32/h2-4,6-7,12-13H,5,8-11,14-15H2,1H3,(H,24,28)(H,25,32). The molecular formula is C23H26N4O4S. The number of carbonyl (C=O) groups is 1. The quantitative estimate of drug-likeness (QED) is 0.382. The Morgan fingerprint density at radius 2 is 1.97 bits per heavy atom. The van der Waals surface area contributed by atoms with Crippen LogP contribution in [0.3, 0.4) is 0 Å². The van der Waals surface area contributed by atoms with Crippen molar-refractivity contribution in [1.29, 1.82) is 0 Å². The molecule has 0 atom stereocenters. The number of hydrogen-bond donors (Lipinski definition) is 2. The van der Waals surface area contributed by atoms with Crippen molar-refractivity contribution in [2.75, 3.05) is 26.9 Å². The average molecular weight is 455 g/mol. The van der Waals surface area contributed by atoms with E-state index in [9.17, 15) is 9.59 Å². The van der Waals surface area contributed by atoms with E-state index in [0.29, 0.717) is 28.9 Å². The van der Waals surface area contributed by atoms with Gasteiger partial charge in [-0.25, -0.2) is 0 Å². The Balaban J connectivity index is 1.27. The third-order valence-electron chi connectivity index (χ3n) is 5.37. The van der Waals surface area contributed by atoms with Gasteiger partial charge in [-0.05, 0) is 43.9 Å². The Morgan fingerprint density at radius 3 is 2.75 bits per heavy atom. The lowest BCUT2D eigenvalue weighted by molar-refractivity contribution is -0.121. The van der Waals surface area contributed by atoms with E-state index >= 15 is 0 Å². The fraction of sp³-hybridized carbons (Fsp3) is 0.348. The molecule has 1 aliphatic heterocycles. The lowest BCUT2D eigenvalue weighted by atomic mass is 10.2. The Morgan fingerprint density at radius 1 is 1.22 bits per heavy atom. The van der Waals surface area contributed by atoms with E-state index < -0.39 is 0 Å². The van der Waals surface area contributed by atoms with Crippen LogP contribution in [-0.4, -0.2) is 47.3 Å². The fourth-order valence-corrected chi connectivity index (χ4v) is 3.98. The number of aromatic nitrogens is 2. The first-order valence-corrected chi connectivity index (χ1v) is 11.0. The summed E-state index contributed by atoms with van der Waals surface area (Å²) >= 11 is 5.33. The predicted octanol–water partition coefficient (Wildman–Crippen LogP) is 2.82. The number of amides is 1. The van der Waals surface area contributed by atoms with Gasteiger partial charge in [0.1, 0.15) is 0 Å². The number of aromatic amines is 1. The molecule has 9 heteroatoms. The SMILES string of the molecule is CN(CCCNC(=O)CCn1c(=S)[nH]c2cc3c(cc2c1=O)OCO3)Cc1ccccc1. The van der Waals surface area contributed by atoms with Crippen LogP contribution >= 0.6 is 12.2 Å². The minimum Gasteiger partial charge on any atom is -0.454 e. The number of nitrogens with zero attached hydrogens (tertiary/aromatic N) is 2. The zero-order chi connectivity index (χ0) is 22.5. The van der Waals surface area contributed by atoms with Crippen molar-refractivity contribution in [2.45, 2.75) is 25.9 Å². The summed E-state index contributed by atoms with van der Waals surface area (Å²) in [6, 6.07) is 13.6. The Bertz CT molecular complexity index is 1220. The second-order valence-corrected chi connectivity index (χ2v) is 8.20. The van der Waals surface area contributed by atoms with Gasteiger partial charge in [0, 0.05) is 32.1 Å². The molecule has 0 radical (unpaired) electrons. The molecule has 0 bridgehead atoms. The van der Waals surface area contributed by atoms with E-state index in [0.717, 1.165) is 19.5 Å². The first-order chi connectivity index (χ1) is 15.5. The fourth-order valence-electron chi connectivity index (χ4n) is 3.70. The van der Waals surface area contributed by atoms with E-state index in [1.54, 1.807) is 12.1 Å². The Hall–Kier alpha value is -3.17. The molecule has 32 heavy (non-hydrogen) atoms. The normalized spacial score (nSPS) is 12.4. The summed E-state index contributed by atoms with van der Waals surface area (Å²) in [6.45, 7) is 2.67. The Kier molecular flexibility index (Phi) is 6.87. The highest BCUT2D eigenvalue weighted by atomic mass is 32.1. The maximum Gasteiger partial charge on any atom is 0.262 e. The molecule has 3 aromatic rings. The number of nitrogens with one attached hydrogen (secondary N) is 2. The number of H-pyrrole nitrogens is 1. The minimum absolute atomic E-state index is 0.109. The number of hydrogen-bond acceptors (Lipinski definition) is 6. The third-order valence-corrected chi connectivity index (χ3v) is 5.69. The van der Waals surface area contributed by atoms with Gasteiger partial charge < -0.3 is 24.7 Å². The Labute approximate surface area is 190 Å². The van der Waals surface area contributed by atoms with Gasteiger partial charge in [-0.1, -0.05) is 30.3 Å². The second kappa shape index (κ2) is 9.97. The molecule has 2 N–H and O–H groups in total. The first kappa shape index (κ1) is 22.0. The molecule has 0 unspecified atom stereocenters. The molecule has 4 rings (SSSR count). The maximum atomic E-state index is 12.9. The van der Waals surface area contributed by atoms with Gasteiger partial charge in [0.15, 0.2) is 16.3 Å². The minimum atomic E-state index is -0.252. The molecule has 0 saturated heterocycles. The van der Waals surface area contributed by atoms with Crippen LogP contribution in [0, 0.1) is 4.77 Å². The molecule has 0 spiro atoms. The van der Waals surface area contributed by atoms with Gasteiger partial charge in [-0.2, -0.15) is 0 Å². The van der Waals surface area contributed by atoms with Crippen molar-refractivity contribution in [3.05, 3.63) is 63.2 Å². The molecule has 1 aliphatic rings. The average Bonchev–Trinajstić information content (AvgIpc) is 3.23. The van der Waals surface area contributed by atoms with E-state index in [1.165, 1.54) is 10.1 Å². The zero-order valence-corrected chi connectivity index (χ0v) is 18.7. The summed E-state index contributed by atoms with van der Waals surface area (Å²) in [5.74, 6) is 0.999. The van der Waals surface area contributed by atoms with E-state index in [2.05, 4.69) is 34.4 Å². The van der Waals surface area contributed by atoms with E-state index in [-0.39, 0.29) is 36.0 Å². The molecule has 168 valence electrons. The number of fused-ring (bicyclic) bond motifs is 2. The van der Waals surface area contributed by atoms with Crippen LogP contribution in [0.5, 0.6) is 11.5 Å². The van der Waals surface area contributed by atoms with Crippen LogP contribution in [0.1, 0.15) is 18.4 Å². The molecule has 1 amide bonds. The summed E-state index contributed by atoms with van der Waals surface area (Å²) in [6.07, 6.45) is 1.02. The van der Waals surface area contributed by atoms with Crippen molar-refractivity contribution in [3.8, 4) is 11.5 Å². The molecule has 2 heterocycles. The van der Waals surface area contributed by atoms with Crippen molar-refractivity contribution in [2.24, 2.45) is 0 Å². The van der Waals surface area contributed by atoms with Crippen LogP contribution in [-0.2, 0) is 17.9 Å². The van der Waals surface area contributed by atoms with Crippen LogP contribution in [0.15, 0.2) is 47.3 Å². The smallest absolute Gasteiger partial charge is 0.262 e. The van der Waals surface area contributed by atoms with Gasteiger partial charge in [0.25, 0.3) is 5.56 Å². The van der Waals surface area contributed by atoms with E-state index in [4.69, 9.17) is 21.7 Å². The van der Waals surface area contributed by atoms with Crippen molar-refractivity contribution in [3.63, 3.8) is 0 Å². The number of benzene rings is 2. The molecular weight excluding hydrogens is 428 g/mol. The van der Waals surface area contributed by atoms with Gasteiger partial charge in [0.05, 0.1) is 10.9 Å². The molecule has 2 aromatic carbocycles. The lowest BCUT2D eigenvalue weighted by Gasteiger charge is -2.16. The van der Waals surface area contributed by atoms with Crippen molar-refractivity contribution >= 4 is 29.0 Å². The van der Waals surface area contributed by atoms with Gasteiger partial charge in [0.2, 0.25) is 12.7 Å². The van der Waals surface area contributed by atoms with Gasteiger partial charge in [-0.15, -0.1) is 0 Å². The highest BCUT2D eigenvalue weighted by molar-refractivity contribution is 7.71. The van der Waals surface area contributed by atoms with E-state index in [1.807, 2.05) is 18.2 Å². The monoisotopic (exact) mass is 454 g/mol. The summed E-state index contributed by atoms with van der Waals surface area (Å²) in [4.78, 5) is 30.4. The highest BCUT2D eigenvalue weighted by Crippen LogP contribution is 2.34. The van der Waals surface area contributed by atoms with Crippen LogP contribution in [0.25, 0.3) is 10.9 Å². The first-order valence-electron chi connectivity index (χ1n) is 10.6. The third kappa shape index (κ3) is 5.17. The maximum absolute atomic E-state index is 12.9. The molecule has 0 aliphatic carbocycles. The largest absolute Gasteiger partial charge is 0.454 e. The number of ether oxygens (including phenoxy) is 2. The molecule has 8 nitrogen and oxygen atoms in total.